The summed E-state index contributed by atoms with van der Waals surface area (Å²) in [6.45, 7) is 4.68. The lowest BCUT2D eigenvalue weighted by atomic mass is 9.75. The number of nitrogens with zero attached hydrogens (tertiary/aromatic N) is 1. The van der Waals surface area contributed by atoms with Gasteiger partial charge in [0.15, 0.2) is 0 Å². The molecule has 5 nitrogen and oxygen atoms in total. The van der Waals surface area contributed by atoms with Gasteiger partial charge in [0.2, 0.25) is 5.91 Å². The van der Waals surface area contributed by atoms with E-state index in [2.05, 4.69) is 5.32 Å². The number of carbonyl (C=O) groups is 2. The zero-order valence-corrected chi connectivity index (χ0v) is 17.1. The van der Waals surface area contributed by atoms with Gasteiger partial charge in [-0.2, -0.15) is 0 Å². The van der Waals surface area contributed by atoms with Gasteiger partial charge in [-0.15, -0.1) is 0 Å². The van der Waals surface area contributed by atoms with Gasteiger partial charge < -0.3 is 15.3 Å². The lowest BCUT2D eigenvalue weighted by molar-refractivity contribution is -0.122. The Hall–Kier alpha value is -2.66. The summed E-state index contributed by atoms with van der Waals surface area (Å²) in [4.78, 5) is 27.8. The highest BCUT2D eigenvalue weighted by atomic mass is 16.3. The third-order valence-corrected chi connectivity index (χ3v) is 6.13. The number of aliphatic hydroxyl groups is 1. The zero-order chi connectivity index (χ0) is 20.6. The van der Waals surface area contributed by atoms with Crippen molar-refractivity contribution in [1.29, 1.82) is 0 Å². The Labute approximate surface area is 171 Å². The molecule has 5 heteroatoms. The average molecular weight is 392 g/mol. The van der Waals surface area contributed by atoms with Crippen molar-refractivity contribution in [3.8, 4) is 0 Å². The SMILES string of the molecule is CC(C)(O)CCc1ccc(C(=O)N2CCCC3(C2)C(=O)Nc2ccccc23)cc1. The van der Waals surface area contributed by atoms with E-state index < -0.39 is 11.0 Å². The molecule has 1 saturated heterocycles. The second-order valence-electron chi connectivity index (χ2n) is 8.92. The monoisotopic (exact) mass is 392 g/mol. The highest BCUT2D eigenvalue weighted by Crippen LogP contribution is 2.43. The lowest BCUT2D eigenvalue weighted by Crippen LogP contribution is -2.51. The molecule has 0 aromatic heterocycles. The number of hydrogen-bond donors (Lipinski definition) is 2. The summed E-state index contributed by atoms with van der Waals surface area (Å²) in [5.41, 5.74) is 2.27. The number of rotatable bonds is 4. The standard InChI is InChI=1S/C24H28N2O3/c1-23(2,29)14-12-17-8-10-18(11-9-17)21(27)26-15-5-13-24(16-26)19-6-3-4-7-20(19)25-22(24)28/h3-4,6-11,29H,5,12-16H2,1-2H3,(H,25,28). The molecule has 2 heterocycles. The first kappa shape index (κ1) is 19.6. The van der Waals surface area contributed by atoms with Gasteiger partial charge in [-0.25, -0.2) is 0 Å². The fourth-order valence-electron chi connectivity index (χ4n) is 4.45. The van der Waals surface area contributed by atoms with Crippen molar-refractivity contribution in [3.63, 3.8) is 0 Å². The second-order valence-corrected chi connectivity index (χ2v) is 8.92. The maximum atomic E-state index is 13.1. The summed E-state index contributed by atoms with van der Waals surface area (Å²) in [7, 11) is 0. The van der Waals surface area contributed by atoms with Gasteiger partial charge in [0.05, 0.1) is 11.0 Å². The number of aryl methyl sites for hydroxylation is 1. The summed E-state index contributed by atoms with van der Waals surface area (Å²) in [5.74, 6) is -0.0338. The van der Waals surface area contributed by atoms with Crippen LogP contribution in [0.5, 0.6) is 0 Å². The van der Waals surface area contributed by atoms with Crippen molar-refractivity contribution in [2.24, 2.45) is 0 Å². The topological polar surface area (TPSA) is 69.6 Å². The van der Waals surface area contributed by atoms with Crippen molar-refractivity contribution in [2.75, 3.05) is 18.4 Å². The van der Waals surface area contributed by atoms with Crippen LogP contribution in [0.2, 0.25) is 0 Å². The van der Waals surface area contributed by atoms with E-state index in [0.717, 1.165) is 36.1 Å². The molecule has 4 rings (SSSR count). The first-order valence-electron chi connectivity index (χ1n) is 10.3. The summed E-state index contributed by atoms with van der Waals surface area (Å²) >= 11 is 0. The number of para-hydroxylation sites is 1. The molecule has 0 bridgehead atoms. The maximum absolute atomic E-state index is 13.1. The summed E-state index contributed by atoms with van der Waals surface area (Å²) in [5, 5.41) is 12.9. The van der Waals surface area contributed by atoms with E-state index in [1.165, 1.54) is 0 Å². The number of benzene rings is 2. The molecule has 1 atom stereocenters. The number of hydrogen-bond acceptors (Lipinski definition) is 3. The Morgan fingerprint density at radius 1 is 1.17 bits per heavy atom. The fraction of sp³-hybridized carbons (Fsp3) is 0.417. The molecule has 1 unspecified atom stereocenters. The molecule has 2 aromatic carbocycles. The summed E-state index contributed by atoms with van der Waals surface area (Å²) in [6, 6.07) is 15.4. The van der Waals surface area contributed by atoms with Crippen LogP contribution in [0.15, 0.2) is 48.5 Å². The number of anilines is 1. The van der Waals surface area contributed by atoms with Crippen molar-refractivity contribution in [1.82, 2.24) is 4.90 Å². The van der Waals surface area contributed by atoms with Crippen molar-refractivity contribution >= 4 is 17.5 Å². The molecule has 2 aliphatic heterocycles. The van der Waals surface area contributed by atoms with E-state index in [0.29, 0.717) is 25.1 Å². The number of fused-ring (bicyclic) bond motifs is 2. The van der Waals surface area contributed by atoms with Gasteiger partial charge in [-0.1, -0.05) is 30.3 Å². The normalized spacial score (nSPS) is 21.2. The van der Waals surface area contributed by atoms with Gasteiger partial charge in [0.25, 0.3) is 5.91 Å². The molecular weight excluding hydrogens is 364 g/mol. The molecular formula is C24H28N2O3. The molecule has 29 heavy (non-hydrogen) atoms. The zero-order valence-electron chi connectivity index (χ0n) is 17.1. The van der Waals surface area contributed by atoms with Crippen LogP contribution in [0.25, 0.3) is 0 Å². The minimum atomic E-state index is -0.700. The molecule has 2 aliphatic rings. The molecule has 2 amide bonds. The Kier molecular flexibility index (Phi) is 4.95. The molecule has 1 fully saturated rings. The molecule has 0 radical (unpaired) electrons. The third-order valence-electron chi connectivity index (χ3n) is 6.13. The lowest BCUT2D eigenvalue weighted by Gasteiger charge is -2.39. The van der Waals surface area contributed by atoms with Crippen molar-refractivity contribution < 1.29 is 14.7 Å². The highest BCUT2D eigenvalue weighted by Gasteiger charge is 2.49. The van der Waals surface area contributed by atoms with Crippen molar-refractivity contribution in [2.45, 2.75) is 50.5 Å². The predicted octanol–water partition coefficient (Wildman–Crippen LogP) is 3.52. The molecule has 2 aromatic rings. The molecule has 0 saturated carbocycles. The van der Waals surface area contributed by atoms with Crippen LogP contribution in [-0.2, 0) is 16.6 Å². The van der Waals surface area contributed by atoms with E-state index in [-0.39, 0.29) is 11.8 Å². The molecule has 1 spiro atoms. The van der Waals surface area contributed by atoms with Crippen LogP contribution >= 0.6 is 0 Å². The molecule has 152 valence electrons. The number of piperidine rings is 1. The first-order chi connectivity index (χ1) is 13.8. The second kappa shape index (κ2) is 7.30. The summed E-state index contributed by atoms with van der Waals surface area (Å²) in [6.07, 6.45) is 3.00. The fourth-order valence-corrected chi connectivity index (χ4v) is 4.45. The average Bonchev–Trinajstić information content (AvgIpc) is 2.97. The first-order valence-corrected chi connectivity index (χ1v) is 10.3. The van der Waals surface area contributed by atoms with Gasteiger partial charge >= 0.3 is 0 Å². The van der Waals surface area contributed by atoms with Crippen LogP contribution in [0.4, 0.5) is 5.69 Å². The van der Waals surface area contributed by atoms with Crippen LogP contribution in [0.3, 0.4) is 0 Å². The quantitative estimate of drug-likeness (QED) is 0.836. The van der Waals surface area contributed by atoms with Crippen LogP contribution in [0, 0.1) is 0 Å². The number of likely N-dealkylation sites (tertiary alicyclic amines) is 1. The van der Waals surface area contributed by atoms with Crippen LogP contribution < -0.4 is 5.32 Å². The van der Waals surface area contributed by atoms with Crippen molar-refractivity contribution in [3.05, 3.63) is 65.2 Å². The van der Waals surface area contributed by atoms with E-state index in [1.807, 2.05) is 53.4 Å². The summed E-state index contributed by atoms with van der Waals surface area (Å²) < 4.78 is 0. The van der Waals surface area contributed by atoms with E-state index in [1.54, 1.807) is 13.8 Å². The Bertz CT molecular complexity index is 930. The van der Waals surface area contributed by atoms with E-state index in [9.17, 15) is 14.7 Å². The maximum Gasteiger partial charge on any atom is 0.253 e. The minimum Gasteiger partial charge on any atom is -0.390 e. The molecule has 2 N–H and O–H groups in total. The van der Waals surface area contributed by atoms with Gasteiger partial charge in [0.1, 0.15) is 0 Å². The Morgan fingerprint density at radius 3 is 2.62 bits per heavy atom. The Balaban J connectivity index is 1.51. The minimum absolute atomic E-state index is 0.00170. The smallest absolute Gasteiger partial charge is 0.253 e. The predicted molar refractivity (Wildman–Crippen MR) is 113 cm³/mol. The largest absolute Gasteiger partial charge is 0.390 e. The van der Waals surface area contributed by atoms with Gasteiger partial charge in [0, 0.05) is 24.3 Å². The number of amides is 2. The van der Waals surface area contributed by atoms with E-state index >= 15 is 0 Å². The van der Waals surface area contributed by atoms with Crippen LogP contribution in [-0.4, -0.2) is 40.5 Å². The highest BCUT2D eigenvalue weighted by molar-refractivity contribution is 6.07. The van der Waals surface area contributed by atoms with Gasteiger partial charge in [-0.05, 0) is 68.9 Å². The van der Waals surface area contributed by atoms with Crippen LogP contribution in [0.1, 0.15) is 54.6 Å². The number of nitrogens with one attached hydrogen (secondary N) is 1. The Morgan fingerprint density at radius 2 is 1.90 bits per heavy atom. The molecule has 0 aliphatic carbocycles. The van der Waals surface area contributed by atoms with Gasteiger partial charge in [-0.3, -0.25) is 9.59 Å². The van der Waals surface area contributed by atoms with E-state index in [4.69, 9.17) is 0 Å². The third kappa shape index (κ3) is 3.79. The number of carbonyl (C=O) groups excluding carboxylic acids is 2.